The van der Waals surface area contributed by atoms with Gasteiger partial charge < -0.3 is 8.83 Å². The van der Waals surface area contributed by atoms with Gasteiger partial charge in [-0.15, -0.1) is 0 Å². The van der Waals surface area contributed by atoms with Gasteiger partial charge in [0.2, 0.25) is 0 Å². The monoisotopic (exact) mass is 468 g/mol. The number of benzene rings is 6. The Hall–Kier alpha value is -4.82. The summed E-state index contributed by atoms with van der Waals surface area (Å²) >= 11 is 0. The van der Waals surface area contributed by atoms with Crippen molar-refractivity contribution in [1.82, 2.24) is 0 Å². The molecule has 0 saturated heterocycles. The highest BCUT2D eigenvalue weighted by atomic mass is 16.3. The first-order valence-corrected chi connectivity index (χ1v) is 11.5. The Morgan fingerprint density at radius 2 is 1.17 bits per heavy atom. The Morgan fingerprint density at radius 1 is 0.528 bits per heavy atom. The van der Waals surface area contributed by atoms with Gasteiger partial charge >= 0.3 is 0 Å². The molecule has 0 aliphatic rings. The lowest BCUT2D eigenvalue weighted by Gasteiger charge is -2.17. The third-order valence-corrected chi connectivity index (χ3v) is 6.79. The van der Waals surface area contributed by atoms with Crippen molar-refractivity contribution in [2.45, 2.75) is 0 Å². The summed E-state index contributed by atoms with van der Waals surface area (Å²) in [6.45, 7) is 0. The average molecular weight is 469 g/mol. The smallest absolute Gasteiger partial charge is 0.146 e. The predicted octanol–water partition coefficient (Wildman–Crippen LogP) is 9.97. The molecule has 0 spiro atoms. The molecule has 0 aliphatic heterocycles. The molecule has 36 heavy (non-hydrogen) atoms. The molecular weight excluding hydrogens is 440 g/mol. The van der Waals surface area contributed by atoms with Crippen molar-refractivity contribution in [3.05, 3.63) is 121 Å². The lowest BCUT2D eigenvalue weighted by atomic mass is 9.86. The fourth-order valence-electron chi connectivity index (χ4n) is 5.28. The van der Waals surface area contributed by atoms with Gasteiger partial charge in [-0.1, -0.05) is 96.9 Å². The van der Waals surface area contributed by atoms with E-state index < -0.39 is 24.2 Å². The van der Waals surface area contributed by atoms with Gasteiger partial charge in [-0.2, -0.15) is 0 Å². The molecule has 0 unspecified atom stereocenters. The minimum absolute atomic E-state index is 0.146. The third kappa shape index (κ3) is 2.61. The second kappa shape index (κ2) is 7.34. The van der Waals surface area contributed by atoms with E-state index in [9.17, 15) is 0 Å². The van der Waals surface area contributed by atoms with Crippen LogP contribution in [-0.2, 0) is 0 Å². The van der Waals surface area contributed by atoms with E-state index in [4.69, 9.17) is 19.8 Å². The van der Waals surface area contributed by atoms with E-state index in [0.717, 1.165) is 10.8 Å². The first kappa shape index (κ1) is 13.3. The second-order valence-electron chi connectivity index (χ2n) is 8.68. The summed E-state index contributed by atoms with van der Waals surface area (Å²) in [4.78, 5) is 0. The van der Waals surface area contributed by atoms with Crippen LogP contribution in [0.1, 0.15) is 11.0 Å². The fourth-order valence-corrected chi connectivity index (χ4v) is 5.28. The van der Waals surface area contributed by atoms with Gasteiger partial charge in [-0.05, 0) is 50.9 Å². The van der Waals surface area contributed by atoms with Crippen molar-refractivity contribution in [3.8, 4) is 22.3 Å². The average Bonchev–Trinajstić information content (AvgIpc) is 3.64. The molecule has 2 aromatic heterocycles. The molecule has 168 valence electrons. The highest BCUT2D eigenvalue weighted by Gasteiger charge is 2.21. The fraction of sp³-hybridized carbons (Fsp3) is 0. The zero-order chi connectivity index (χ0) is 30.6. The summed E-state index contributed by atoms with van der Waals surface area (Å²) in [5.41, 5.74) is 3.35. The molecule has 0 radical (unpaired) electrons. The van der Waals surface area contributed by atoms with Gasteiger partial charge in [-0.3, -0.25) is 0 Å². The quantitative estimate of drug-likeness (QED) is 0.236. The number of furan rings is 2. The van der Waals surface area contributed by atoms with Crippen LogP contribution < -0.4 is 0 Å². The molecule has 0 atom stereocenters. The predicted molar refractivity (Wildman–Crippen MR) is 149 cm³/mol. The molecule has 0 fully saturated rings. The van der Waals surface area contributed by atoms with Crippen LogP contribution in [0.25, 0.3) is 76.7 Å². The lowest BCUT2D eigenvalue weighted by Crippen LogP contribution is -1.90. The van der Waals surface area contributed by atoms with Gasteiger partial charge in [0.25, 0.3) is 0 Å². The molecule has 2 nitrogen and oxygen atoms in total. The summed E-state index contributed by atoms with van der Waals surface area (Å²) in [6, 6.07) is 17.1. The number of fused-ring (bicyclic) bond motifs is 7. The topological polar surface area (TPSA) is 26.3 Å². The second-order valence-corrected chi connectivity index (χ2v) is 8.68. The van der Waals surface area contributed by atoms with E-state index in [1.165, 1.54) is 6.26 Å². The highest BCUT2D eigenvalue weighted by Crippen LogP contribution is 2.47. The molecule has 0 aliphatic carbocycles. The Balaban J connectivity index is 1.68. The highest BCUT2D eigenvalue weighted by molar-refractivity contribution is 6.25. The van der Waals surface area contributed by atoms with Crippen LogP contribution in [0.2, 0.25) is 0 Å². The summed E-state index contributed by atoms with van der Waals surface area (Å²) in [7, 11) is 0. The van der Waals surface area contributed by atoms with E-state index in [2.05, 4.69) is 0 Å². The molecule has 2 heteroatoms. The van der Waals surface area contributed by atoms with Gasteiger partial charge in [0.05, 0.1) is 22.6 Å². The Bertz CT molecular complexity index is 2450. The van der Waals surface area contributed by atoms with E-state index in [0.29, 0.717) is 38.8 Å². The summed E-state index contributed by atoms with van der Waals surface area (Å²) < 4.78 is 82.9. The maximum Gasteiger partial charge on any atom is 0.146 e. The SMILES string of the molecule is [2H]c1c([2H])c([2H])c2c(-c3coc4c3ccc3oc5ccccc5c34)c3c([2H])c([2H])c([2H])c([2H])c3c(-c3ccccc3)c2c1[2H]. The van der Waals surface area contributed by atoms with Gasteiger partial charge in [0, 0.05) is 21.9 Å². The normalized spacial score (nSPS) is 15.0. The molecule has 0 bridgehead atoms. The van der Waals surface area contributed by atoms with Gasteiger partial charge in [0.1, 0.15) is 16.7 Å². The van der Waals surface area contributed by atoms with Crippen LogP contribution in [0.15, 0.2) is 130 Å². The zero-order valence-electron chi connectivity index (χ0n) is 26.7. The Morgan fingerprint density at radius 3 is 1.89 bits per heavy atom. The first-order valence-electron chi connectivity index (χ1n) is 15.5. The van der Waals surface area contributed by atoms with Crippen LogP contribution in [0.4, 0.5) is 0 Å². The largest absolute Gasteiger partial charge is 0.463 e. The number of hydrogen-bond donors (Lipinski definition) is 0. The minimum Gasteiger partial charge on any atom is -0.463 e. The molecule has 8 rings (SSSR count). The van der Waals surface area contributed by atoms with E-state index in [1.807, 2.05) is 36.4 Å². The summed E-state index contributed by atoms with van der Waals surface area (Å²) in [6.07, 6.45) is 1.49. The third-order valence-electron chi connectivity index (χ3n) is 6.79. The minimum atomic E-state index is -0.445. The maximum atomic E-state index is 9.12. The standard InChI is InChI=1S/C34H20O2/c1-2-10-21(11-3-1)31-22-12-4-6-14-24(22)32(25-15-7-5-13-23(25)31)28-20-35-34-26(28)18-19-30-33(34)27-16-8-9-17-29(27)36-30/h1-20H/i4D,5D,6D,7D,12D,13D,14D,15D. The Kier molecular flexibility index (Phi) is 2.71. The van der Waals surface area contributed by atoms with Crippen LogP contribution in [0.5, 0.6) is 0 Å². The Labute approximate surface area is 218 Å². The van der Waals surface area contributed by atoms with Crippen LogP contribution in [0.3, 0.4) is 0 Å². The molecule has 6 aromatic carbocycles. The van der Waals surface area contributed by atoms with Crippen molar-refractivity contribution >= 4 is 54.5 Å². The molecule has 0 amide bonds. The number of rotatable bonds is 2. The van der Waals surface area contributed by atoms with Crippen molar-refractivity contribution in [2.24, 2.45) is 0 Å². The van der Waals surface area contributed by atoms with Crippen LogP contribution >= 0.6 is 0 Å². The summed E-state index contributed by atoms with van der Waals surface area (Å²) in [5, 5.41) is 2.81. The zero-order valence-corrected chi connectivity index (χ0v) is 18.7. The van der Waals surface area contributed by atoms with Crippen LogP contribution in [0, 0.1) is 0 Å². The van der Waals surface area contributed by atoms with Crippen molar-refractivity contribution in [1.29, 1.82) is 0 Å². The molecule has 0 N–H and O–H groups in total. The van der Waals surface area contributed by atoms with Gasteiger partial charge in [0.15, 0.2) is 0 Å². The molecule has 8 aromatic rings. The maximum absolute atomic E-state index is 9.12. The van der Waals surface area contributed by atoms with E-state index in [-0.39, 0.29) is 51.3 Å². The van der Waals surface area contributed by atoms with E-state index >= 15 is 0 Å². The van der Waals surface area contributed by atoms with Crippen molar-refractivity contribution in [2.75, 3.05) is 0 Å². The molecular formula is C34H20O2. The van der Waals surface area contributed by atoms with Gasteiger partial charge in [-0.25, -0.2) is 0 Å². The van der Waals surface area contributed by atoms with Crippen molar-refractivity contribution < 1.29 is 19.8 Å². The van der Waals surface area contributed by atoms with Crippen LogP contribution in [-0.4, -0.2) is 0 Å². The van der Waals surface area contributed by atoms with E-state index in [1.54, 1.807) is 30.3 Å². The molecule has 2 heterocycles. The number of hydrogen-bond acceptors (Lipinski definition) is 2. The summed E-state index contributed by atoms with van der Waals surface area (Å²) in [5.74, 6) is 0. The lowest BCUT2D eigenvalue weighted by molar-refractivity contribution is 0.619. The van der Waals surface area contributed by atoms with Crippen molar-refractivity contribution in [3.63, 3.8) is 0 Å². The molecule has 0 saturated carbocycles. The number of para-hydroxylation sites is 1. The first-order chi connectivity index (χ1) is 21.2.